The number of rotatable bonds is 7. The maximum absolute atomic E-state index is 13.1. The lowest BCUT2D eigenvalue weighted by Crippen LogP contribution is -2.28. The van der Waals surface area contributed by atoms with Gasteiger partial charge in [-0.15, -0.1) is 0 Å². The predicted molar refractivity (Wildman–Crippen MR) is 117 cm³/mol. The summed E-state index contributed by atoms with van der Waals surface area (Å²) in [6.07, 6.45) is 0. The third kappa shape index (κ3) is 4.56. The summed E-state index contributed by atoms with van der Waals surface area (Å²) in [6, 6.07) is 12.7. The monoisotopic (exact) mass is 443 g/mol. The second-order valence-corrected chi connectivity index (χ2v) is 9.13. The van der Waals surface area contributed by atoms with Gasteiger partial charge in [-0.05, 0) is 56.3 Å². The number of ether oxygens (including phenoxy) is 1. The molecular weight excluding hydrogens is 418 g/mol. The zero-order valence-electron chi connectivity index (χ0n) is 18.1. The van der Waals surface area contributed by atoms with Gasteiger partial charge in [-0.25, -0.2) is 8.42 Å². The van der Waals surface area contributed by atoms with Gasteiger partial charge in [-0.3, -0.25) is 9.10 Å². The number of aromatic nitrogens is 1. The Bertz CT molecular complexity index is 1170. The van der Waals surface area contributed by atoms with Gasteiger partial charge in [0.15, 0.2) is 0 Å². The quantitative estimate of drug-likeness (QED) is 0.556. The summed E-state index contributed by atoms with van der Waals surface area (Å²) in [5.74, 6) is 0.974. The molecule has 0 atom stereocenters. The Hall–Kier alpha value is -3.33. The Kier molecular flexibility index (Phi) is 6.35. The Labute approximate surface area is 182 Å². The van der Waals surface area contributed by atoms with Crippen molar-refractivity contribution >= 4 is 21.6 Å². The first kappa shape index (κ1) is 22.4. The molecule has 0 spiro atoms. The van der Waals surface area contributed by atoms with Gasteiger partial charge in [0.25, 0.3) is 15.9 Å². The third-order valence-corrected chi connectivity index (χ3v) is 6.88. The largest absolute Gasteiger partial charge is 0.497 e. The van der Waals surface area contributed by atoms with Crippen LogP contribution in [0.5, 0.6) is 5.75 Å². The number of amides is 1. The molecule has 0 unspecified atom stereocenters. The number of anilines is 1. The van der Waals surface area contributed by atoms with Crippen LogP contribution in [0.2, 0.25) is 0 Å². The molecule has 0 saturated carbocycles. The lowest BCUT2D eigenvalue weighted by atomic mass is 10.1. The van der Waals surface area contributed by atoms with Crippen molar-refractivity contribution in [2.24, 2.45) is 0 Å². The Morgan fingerprint density at radius 1 is 1.10 bits per heavy atom. The SMILES string of the molecule is COc1ccc(N(C)S(=O)(=O)c2cccc(C(=O)N(C)Cc3c(C)noc3C)c2)cc1. The van der Waals surface area contributed by atoms with E-state index >= 15 is 0 Å². The molecule has 2 aromatic carbocycles. The van der Waals surface area contributed by atoms with E-state index in [1.165, 1.54) is 28.4 Å². The van der Waals surface area contributed by atoms with Gasteiger partial charge in [-0.1, -0.05) is 11.2 Å². The molecule has 3 aromatic rings. The van der Waals surface area contributed by atoms with E-state index in [-0.39, 0.29) is 16.4 Å². The highest BCUT2D eigenvalue weighted by molar-refractivity contribution is 7.92. The third-order valence-electron chi connectivity index (χ3n) is 5.10. The number of carbonyl (C=O) groups is 1. The summed E-state index contributed by atoms with van der Waals surface area (Å²) < 4.78 is 37.7. The van der Waals surface area contributed by atoms with Crippen molar-refractivity contribution in [2.75, 3.05) is 25.5 Å². The molecule has 164 valence electrons. The maximum Gasteiger partial charge on any atom is 0.264 e. The highest BCUT2D eigenvalue weighted by Gasteiger charge is 2.24. The molecule has 3 rings (SSSR count). The van der Waals surface area contributed by atoms with E-state index in [1.807, 2.05) is 6.92 Å². The lowest BCUT2D eigenvalue weighted by molar-refractivity contribution is 0.0784. The zero-order valence-corrected chi connectivity index (χ0v) is 18.9. The fourth-order valence-corrected chi connectivity index (χ4v) is 4.38. The van der Waals surface area contributed by atoms with Gasteiger partial charge in [-0.2, -0.15) is 0 Å². The summed E-state index contributed by atoms with van der Waals surface area (Å²) in [5, 5.41) is 3.90. The number of carbonyl (C=O) groups excluding carboxylic acids is 1. The van der Waals surface area contributed by atoms with Crippen molar-refractivity contribution in [3.63, 3.8) is 0 Å². The summed E-state index contributed by atoms with van der Waals surface area (Å²) >= 11 is 0. The van der Waals surface area contributed by atoms with Crippen LogP contribution in [-0.2, 0) is 16.6 Å². The van der Waals surface area contributed by atoms with Gasteiger partial charge in [0, 0.05) is 25.2 Å². The van der Waals surface area contributed by atoms with Crippen LogP contribution >= 0.6 is 0 Å². The number of benzene rings is 2. The normalized spacial score (nSPS) is 11.3. The average molecular weight is 444 g/mol. The van der Waals surface area contributed by atoms with Crippen LogP contribution in [0.1, 0.15) is 27.4 Å². The zero-order chi connectivity index (χ0) is 22.8. The van der Waals surface area contributed by atoms with Crippen LogP contribution < -0.4 is 9.04 Å². The molecule has 0 radical (unpaired) electrons. The first-order valence-electron chi connectivity index (χ1n) is 9.55. The molecular formula is C22H25N3O5S. The van der Waals surface area contributed by atoms with E-state index in [4.69, 9.17) is 9.26 Å². The second kappa shape index (κ2) is 8.81. The molecule has 8 nitrogen and oxygen atoms in total. The van der Waals surface area contributed by atoms with Gasteiger partial charge < -0.3 is 14.2 Å². The molecule has 0 fully saturated rings. The van der Waals surface area contributed by atoms with Crippen molar-refractivity contribution in [2.45, 2.75) is 25.3 Å². The minimum atomic E-state index is -3.86. The van der Waals surface area contributed by atoms with E-state index in [1.54, 1.807) is 57.5 Å². The molecule has 9 heteroatoms. The Balaban J connectivity index is 1.84. The number of nitrogens with zero attached hydrogens (tertiary/aromatic N) is 3. The van der Waals surface area contributed by atoms with Crippen LogP contribution in [-0.4, -0.2) is 45.6 Å². The standard InChI is InChI=1S/C22H25N3O5S/c1-15-21(16(2)30-23-15)14-24(3)22(26)17-7-6-8-20(13-17)31(27,28)25(4)18-9-11-19(29-5)12-10-18/h6-13H,14H2,1-5H3. The van der Waals surface area contributed by atoms with Crippen LogP contribution in [0.15, 0.2) is 57.9 Å². The number of hydrogen-bond acceptors (Lipinski definition) is 6. The van der Waals surface area contributed by atoms with E-state index in [2.05, 4.69) is 5.16 Å². The van der Waals surface area contributed by atoms with Crippen LogP contribution in [0.25, 0.3) is 0 Å². The minimum absolute atomic E-state index is 0.0300. The molecule has 1 aromatic heterocycles. The van der Waals surface area contributed by atoms with E-state index in [0.717, 1.165) is 11.3 Å². The highest BCUT2D eigenvalue weighted by Crippen LogP contribution is 2.25. The second-order valence-electron chi connectivity index (χ2n) is 7.16. The molecule has 1 amide bonds. The Morgan fingerprint density at radius 2 is 1.77 bits per heavy atom. The van der Waals surface area contributed by atoms with Crippen molar-refractivity contribution < 1.29 is 22.5 Å². The van der Waals surface area contributed by atoms with E-state index in [9.17, 15) is 13.2 Å². The topological polar surface area (TPSA) is 93.0 Å². The van der Waals surface area contributed by atoms with E-state index < -0.39 is 10.0 Å². The van der Waals surface area contributed by atoms with Crippen molar-refractivity contribution in [1.82, 2.24) is 10.1 Å². The van der Waals surface area contributed by atoms with Gasteiger partial charge in [0.2, 0.25) is 0 Å². The molecule has 0 saturated heterocycles. The molecule has 0 aliphatic heterocycles. The van der Waals surface area contributed by atoms with Gasteiger partial charge in [0.05, 0.1) is 29.9 Å². The van der Waals surface area contributed by atoms with Crippen LogP contribution in [0, 0.1) is 13.8 Å². The minimum Gasteiger partial charge on any atom is -0.497 e. The predicted octanol–water partition coefficient (Wildman–Crippen LogP) is 3.40. The highest BCUT2D eigenvalue weighted by atomic mass is 32.2. The first-order chi connectivity index (χ1) is 14.6. The maximum atomic E-state index is 13.1. The molecule has 0 bridgehead atoms. The van der Waals surface area contributed by atoms with Crippen LogP contribution in [0.3, 0.4) is 0 Å². The molecule has 31 heavy (non-hydrogen) atoms. The summed E-state index contributed by atoms with van der Waals surface area (Å²) in [6.45, 7) is 3.91. The molecule has 0 N–H and O–H groups in total. The number of aryl methyl sites for hydroxylation is 2. The number of hydrogen-bond donors (Lipinski definition) is 0. The average Bonchev–Trinajstić information content (AvgIpc) is 3.10. The number of sulfonamides is 1. The van der Waals surface area contributed by atoms with E-state index in [0.29, 0.717) is 23.7 Å². The summed E-state index contributed by atoms with van der Waals surface area (Å²) in [7, 11) is 0.802. The Morgan fingerprint density at radius 3 is 2.35 bits per heavy atom. The lowest BCUT2D eigenvalue weighted by Gasteiger charge is -2.21. The van der Waals surface area contributed by atoms with Crippen molar-refractivity contribution in [1.29, 1.82) is 0 Å². The summed E-state index contributed by atoms with van der Waals surface area (Å²) in [5.41, 5.74) is 2.31. The van der Waals surface area contributed by atoms with Gasteiger partial charge >= 0.3 is 0 Å². The van der Waals surface area contributed by atoms with Crippen molar-refractivity contribution in [3.8, 4) is 5.75 Å². The van der Waals surface area contributed by atoms with Crippen molar-refractivity contribution in [3.05, 3.63) is 71.1 Å². The summed E-state index contributed by atoms with van der Waals surface area (Å²) in [4.78, 5) is 14.5. The molecule has 1 heterocycles. The number of methoxy groups -OCH3 is 1. The molecule has 0 aliphatic carbocycles. The van der Waals surface area contributed by atoms with Gasteiger partial charge in [0.1, 0.15) is 11.5 Å². The smallest absolute Gasteiger partial charge is 0.264 e. The fourth-order valence-electron chi connectivity index (χ4n) is 3.14. The molecule has 0 aliphatic rings. The first-order valence-corrected chi connectivity index (χ1v) is 11.0. The van der Waals surface area contributed by atoms with Crippen LogP contribution in [0.4, 0.5) is 5.69 Å². The fraction of sp³-hybridized carbons (Fsp3) is 0.273.